The molecule has 1 spiro atoms. The molecule has 1 aromatic rings. The zero-order chi connectivity index (χ0) is 27.0. The van der Waals surface area contributed by atoms with E-state index in [0.717, 1.165) is 5.56 Å². The average Bonchev–Trinajstić information content (AvgIpc) is 3.50. The molecule has 3 heterocycles. The predicted octanol–water partition coefficient (Wildman–Crippen LogP) is 3.06. The molecule has 4 rings (SSSR count). The molecule has 3 aliphatic heterocycles. The number of cyclic esters (lactones) is 1. The molecule has 3 fully saturated rings. The van der Waals surface area contributed by atoms with Crippen LogP contribution in [0, 0.1) is 5.92 Å². The van der Waals surface area contributed by atoms with E-state index in [1.165, 1.54) is 4.90 Å². The first kappa shape index (κ1) is 27.1. The second-order valence-corrected chi connectivity index (χ2v) is 11.7. The van der Waals surface area contributed by atoms with Crippen LogP contribution >= 0.6 is 0 Å². The molecule has 3 saturated heterocycles. The van der Waals surface area contributed by atoms with Gasteiger partial charge in [0.25, 0.3) is 0 Å². The lowest BCUT2D eigenvalue weighted by Gasteiger charge is -2.35. The number of imide groups is 1. The van der Waals surface area contributed by atoms with Crippen LogP contribution in [0.25, 0.3) is 0 Å². The van der Waals surface area contributed by atoms with E-state index in [0.29, 0.717) is 38.8 Å². The summed E-state index contributed by atoms with van der Waals surface area (Å²) in [6, 6.07) is 8.99. The van der Waals surface area contributed by atoms with E-state index in [1.807, 2.05) is 49.1 Å². The third-order valence-corrected chi connectivity index (χ3v) is 7.72. The maximum absolute atomic E-state index is 13.5. The fraction of sp³-hybridized carbons (Fsp3) is 0.643. The molecular formula is C28H39N3O6. The van der Waals surface area contributed by atoms with Crippen molar-refractivity contribution in [1.29, 1.82) is 0 Å². The Kier molecular flexibility index (Phi) is 7.65. The lowest BCUT2D eigenvalue weighted by Crippen LogP contribution is -2.55. The molecule has 202 valence electrons. The molecule has 3 amide bonds. The number of ether oxygens (including phenoxy) is 2. The van der Waals surface area contributed by atoms with Gasteiger partial charge in [0.2, 0.25) is 11.8 Å². The fourth-order valence-corrected chi connectivity index (χ4v) is 5.65. The molecule has 0 aromatic heterocycles. The lowest BCUT2D eigenvalue weighted by atomic mass is 9.95. The summed E-state index contributed by atoms with van der Waals surface area (Å²) in [4.78, 5) is 54.5. The van der Waals surface area contributed by atoms with Crippen molar-refractivity contribution in [2.75, 3.05) is 13.1 Å². The van der Waals surface area contributed by atoms with Gasteiger partial charge >= 0.3 is 12.1 Å². The number of carbonyl (C=O) groups is 4. The number of likely N-dealkylation sites (tertiary alicyclic amines) is 2. The van der Waals surface area contributed by atoms with E-state index < -0.39 is 23.3 Å². The van der Waals surface area contributed by atoms with Gasteiger partial charge in [0, 0.05) is 19.5 Å². The Labute approximate surface area is 218 Å². The van der Waals surface area contributed by atoms with Crippen molar-refractivity contribution < 1.29 is 28.7 Å². The fourth-order valence-electron chi connectivity index (χ4n) is 5.65. The molecule has 0 aliphatic carbocycles. The highest BCUT2D eigenvalue weighted by Crippen LogP contribution is 2.40. The van der Waals surface area contributed by atoms with Crippen LogP contribution in [0.2, 0.25) is 0 Å². The molecule has 0 radical (unpaired) electrons. The highest BCUT2D eigenvalue weighted by Gasteiger charge is 2.54. The summed E-state index contributed by atoms with van der Waals surface area (Å²) >= 11 is 0. The summed E-state index contributed by atoms with van der Waals surface area (Å²) in [6.07, 6.45) is 1.55. The summed E-state index contributed by atoms with van der Waals surface area (Å²) in [5.74, 6) is -0.829. The number of amides is 3. The van der Waals surface area contributed by atoms with Gasteiger partial charge in [0.1, 0.15) is 11.7 Å². The summed E-state index contributed by atoms with van der Waals surface area (Å²) < 4.78 is 11.2. The van der Waals surface area contributed by atoms with Crippen LogP contribution in [0.5, 0.6) is 0 Å². The third kappa shape index (κ3) is 5.98. The van der Waals surface area contributed by atoms with Crippen LogP contribution in [0.15, 0.2) is 30.3 Å². The number of carbonyl (C=O) groups excluding carboxylic acids is 4. The minimum atomic E-state index is -0.707. The Bertz CT molecular complexity index is 1040. The maximum atomic E-state index is 13.5. The topological polar surface area (TPSA) is 105 Å². The first-order valence-corrected chi connectivity index (χ1v) is 13.2. The van der Waals surface area contributed by atoms with E-state index in [2.05, 4.69) is 5.32 Å². The second kappa shape index (κ2) is 10.4. The molecule has 1 N–H and O–H groups in total. The number of rotatable bonds is 6. The number of hydrogen-bond donors (Lipinski definition) is 1. The van der Waals surface area contributed by atoms with Crippen molar-refractivity contribution in [3.8, 4) is 0 Å². The van der Waals surface area contributed by atoms with Gasteiger partial charge in [-0.2, -0.15) is 0 Å². The van der Waals surface area contributed by atoms with Gasteiger partial charge in [-0.1, -0.05) is 37.3 Å². The summed E-state index contributed by atoms with van der Waals surface area (Å²) in [7, 11) is 0. The number of esters is 1. The molecule has 0 unspecified atom stereocenters. The number of hydrogen-bond acceptors (Lipinski definition) is 7. The molecule has 3 aliphatic rings. The van der Waals surface area contributed by atoms with E-state index in [-0.39, 0.29) is 42.3 Å². The second-order valence-electron chi connectivity index (χ2n) is 11.7. The molecule has 1 aromatic carbocycles. The largest absolute Gasteiger partial charge is 0.460 e. The third-order valence-electron chi connectivity index (χ3n) is 7.72. The predicted molar refractivity (Wildman–Crippen MR) is 136 cm³/mol. The molecule has 9 nitrogen and oxygen atoms in total. The molecule has 0 saturated carbocycles. The SMILES string of the molecule is C[C@@H]1C[C@@H]([C@H](Cc2ccccc2)NC(=O)[C@H](C)N2CC[C@]3(CCC(=O)N3C(=O)OC(C)(C)C)C2)OC1=O. The molecular weight excluding hydrogens is 474 g/mol. The smallest absolute Gasteiger partial charge is 0.417 e. The van der Waals surface area contributed by atoms with Gasteiger partial charge in [-0.25, -0.2) is 9.69 Å². The van der Waals surface area contributed by atoms with Gasteiger partial charge < -0.3 is 14.8 Å². The van der Waals surface area contributed by atoms with E-state index >= 15 is 0 Å². The van der Waals surface area contributed by atoms with Crippen molar-refractivity contribution in [3.05, 3.63) is 35.9 Å². The van der Waals surface area contributed by atoms with Crippen LogP contribution in [-0.2, 0) is 30.3 Å². The van der Waals surface area contributed by atoms with Crippen LogP contribution in [-0.4, -0.2) is 76.1 Å². The van der Waals surface area contributed by atoms with Crippen LogP contribution in [0.3, 0.4) is 0 Å². The minimum absolute atomic E-state index is 0.165. The molecule has 0 bridgehead atoms. The molecule has 5 atom stereocenters. The number of benzene rings is 1. The Morgan fingerprint density at radius 1 is 1.19 bits per heavy atom. The van der Waals surface area contributed by atoms with E-state index in [4.69, 9.17) is 9.47 Å². The first-order valence-electron chi connectivity index (χ1n) is 13.2. The number of nitrogens with zero attached hydrogens (tertiary/aromatic N) is 2. The zero-order valence-corrected chi connectivity index (χ0v) is 22.5. The summed E-state index contributed by atoms with van der Waals surface area (Å²) in [5.41, 5.74) is -0.316. The number of nitrogens with one attached hydrogen (secondary N) is 1. The Morgan fingerprint density at radius 3 is 2.51 bits per heavy atom. The molecule has 9 heteroatoms. The van der Waals surface area contributed by atoms with E-state index in [1.54, 1.807) is 20.8 Å². The van der Waals surface area contributed by atoms with Crippen molar-refractivity contribution in [1.82, 2.24) is 15.1 Å². The van der Waals surface area contributed by atoms with Crippen molar-refractivity contribution in [2.45, 2.75) is 96.1 Å². The van der Waals surface area contributed by atoms with Crippen LogP contribution in [0.1, 0.15) is 65.9 Å². The van der Waals surface area contributed by atoms with E-state index in [9.17, 15) is 19.2 Å². The maximum Gasteiger partial charge on any atom is 0.417 e. The standard InChI is InChI=1S/C28H39N3O6/c1-18-15-22(36-25(18)34)21(16-20-9-7-6-8-10-20)29-24(33)19(2)30-14-13-28(17-30)12-11-23(32)31(28)26(35)37-27(3,4)5/h6-10,18-19,21-22H,11-17H2,1-5H3,(H,29,33)/t18-,19+,21+,22+,28-/m1/s1. The van der Waals surface area contributed by atoms with Gasteiger partial charge in [-0.15, -0.1) is 0 Å². The summed E-state index contributed by atoms with van der Waals surface area (Å²) in [6.45, 7) is 10.0. The van der Waals surface area contributed by atoms with Gasteiger partial charge in [0.05, 0.1) is 23.5 Å². The Balaban J connectivity index is 1.45. The van der Waals surface area contributed by atoms with Gasteiger partial charge in [-0.3, -0.25) is 19.3 Å². The normalized spacial score (nSPS) is 27.9. The first-order chi connectivity index (χ1) is 17.4. The van der Waals surface area contributed by atoms with Crippen LogP contribution < -0.4 is 5.32 Å². The zero-order valence-electron chi connectivity index (χ0n) is 22.5. The molecule has 37 heavy (non-hydrogen) atoms. The monoisotopic (exact) mass is 513 g/mol. The van der Waals surface area contributed by atoms with Gasteiger partial charge in [-0.05, 0) is 58.9 Å². The lowest BCUT2D eigenvalue weighted by molar-refractivity contribution is -0.145. The van der Waals surface area contributed by atoms with Crippen molar-refractivity contribution in [2.24, 2.45) is 5.92 Å². The Morgan fingerprint density at radius 2 is 1.89 bits per heavy atom. The van der Waals surface area contributed by atoms with Gasteiger partial charge in [0.15, 0.2) is 0 Å². The van der Waals surface area contributed by atoms with Crippen molar-refractivity contribution >= 4 is 23.9 Å². The highest BCUT2D eigenvalue weighted by molar-refractivity contribution is 5.95. The van der Waals surface area contributed by atoms with Crippen LogP contribution in [0.4, 0.5) is 4.79 Å². The Hall–Kier alpha value is -2.94. The quantitative estimate of drug-likeness (QED) is 0.583. The average molecular weight is 514 g/mol. The highest BCUT2D eigenvalue weighted by atomic mass is 16.6. The van der Waals surface area contributed by atoms with Crippen molar-refractivity contribution in [3.63, 3.8) is 0 Å². The summed E-state index contributed by atoms with van der Waals surface area (Å²) in [5, 5.41) is 3.15. The minimum Gasteiger partial charge on any atom is -0.460 e.